The Balaban J connectivity index is 1.64. The molecule has 1 amide bonds. The predicted molar refractivity (Wildman–Crippen MR) is 136 cm³/mol. The van der Waals surface area contributed by atoms with Crippen LogP contribution < -0.4 is 14.9 Å². The maximum atomic E-state index is 13.7. The van der Waals surface area contributed by atoms with Crippen LogP contribution in [0.1, 0.15) is 38.9 Å². The van der Waals surface area contributed by atoms with Gasteiger partial charge in [0.2, 0.25) is 5.76 Å². The zero-order chi connectivity index (χ0) is 25.6. The molecule has 1 aromatic heterocycles. The summed E-state index contributed by atoms with van der Waals surface area (Å²) in [5.41, 5.74) is 2.62. The van der Waals surface area contributed by atoms with Crippen molar-refractivity contribution in [3.63, 3.8) is 0 Å². The number of nitrogens with zero attached hydrogens (tertiary/aromatic N) is 1. The summed E-state index contributed by atoms with van der Waals surface area (Å²) in [5.74, 6) is 0.590. The van der Waals surface area contributed by atoms with Crippen LogP contribution in [-0.4, -0.2) is 36.7 Å². The van der Waals surface area contributed by atoms with E-state index in [0.29, 0.717) is 34.5 Å². The molecule has 8 heteroatoms. The summed E-state index contributed by atoms with van der Waals surface area (Å²) >= 11 is 6.31. The van der Waals surface area contributed by atoms with Crippen LogP contribution in [0.2, 0.25) is 5.02 Å². The number of rotatable bonds is 6. The average molecular weight is 506 g/mol. The molecule has 7 nitrogen and oxygen atoms in total. The van der Waals surface area contributed by atoms with E-state index in [-0.39, 0.29) is 34.2 Å². The number of hydrogen-bond acceptors (Lipinski definition) is 6. The summed E-state index contributed by atoms with van der Waals surface area (Å²) in [5, 5.41) is 10.9. The monoisotopic (exact) mass is 505 g/mol. The van der Waals surface area contributed by atoms with Gasteiger partial charge in [-0.1, -0.05) is 29.8 Å². The lowest BCUT2D eigenvalue weighted by Gasteiger charge is -2.25. The number of amides is 1. The first-order valence-electron chi connectivity index (χ1n) is 11.4. The molecule has 0 unspecified atom stereocenters. The topological polar surface area (TPSA) is 89.2 Å². The largest absolute Gasteiger partial charge is 0.504 e. The van der Waals surface area contributed by atoms with Gasteiger partial charge in [-0.3, -0.25) is 9.59 Å². The van der Waals surface area contributed by atoms with Crippen LogP contribution in [-0.2, 0) is 6.42 Å². The van der Waals surface area contributed by atoms with E-state index in [9.17, 15) is 14.7 Å². The van der Waals surface area contributed by atoms with E-state index in [1.807, 2.05) is 31.2 Å². The fraction of sp³-hybridized carbons (Fsp3) is 0.214. The lowest BCUT2D eigenvalue weighted by Crippen LogP contribution is -2.31. The Morgan fingerprint density at radius 2 is 1.78 bits per heavy atom. The summed E-state index contributed by atoms with van der Waals surface area (Å²) in [6.45, 7) is 2.14. The number of benzene rings is 3. The molecule has 0 saturated heterocycles. The third-order valence-corrected chi connectivity index (χ3v) is 6.97. The smallest absolute Gasteiger partial charge is 0.290 e. The number of hydrogen-bond donors (Lipinski definition) is 1. The molecular weight excluding hydrogens is 482 g/mol. The molecule has 1 aliphatic heterocycles. The van der Waals surface area contributed by atoms with E-state index >= 15 is 0 Å². The number of aromatic hydroxyl groups is 1. The maximum Gasteiger partial charge on any atom is 0.290 e. The highest BCUT2D eigenvalue weighted by Gasteiger charge is 2.42. The summed E-state index contributed by atoms with van der Waals surface area (Å²) < 4.78 is 16.5. The molecule has 0 bridgehead atoms. The molecule has 1 atom stereocenters. The molecule has 5 rings (SSSR count). The molecule has 36 heavy (non-hydrogen) atoms. The fourth-order valence-electron chi connectivity index (χ4n) is 4.62. The molecule has 0 aliphatic carbocycles. The van der Waals surface area contributed by atoms with Gasteiger partial charge in [-0.25, -0.2) is 0 Å². The lowest BCUT2D eigenvalue weighted by atomic mass is 9.97. The van der Waals surface area contributed by atoms with Gasteiger partial charge in [-0.2, -0.15) is 0 Å². The summed E-state index contributed by atoms with van der Waals surface area (Å²) in [6.07, 6.45) is 0.550. The predicted octanol–water partition coefficient (Wildman–Crippen LogP) is 5.27. The van der Waals surface area contributed by atoms with Crippen molar-refractivity contribution < 1.29 is 23.8 Å². The second-order valence-electron chi connectivity index (χ2n) is 8.70. The second kappa shape index (κ2) is 9.24. The Morgan fingerprint density at radius 3 is 2.47 bits per heavy atom. The van der Waals surface area contributed by atoms with E-state index in [1.165, 1.54) is 13.2 Å². The standard InChI is InChI=1S/C28H24ClNO6/c1-15-12-22-19(14-20(15)29)26(32)24-25(17-6-9-21(31)23(13-17)35-3)30(28(33)27(24)36-22)11-10-16-4-7-18(34-2)8-5-16/h4-9,12-14,25,31H,10-11H2,1-3H3/t25-/m0/s1. The molecular formula is C28H24ClNO6. The third kappa shape index (κ3) is 3.95. The Hall–Kier alpha value is -3.97. The van der Waals surface area contributed by atoms with Crippen molar-refractivity contribution in [1.82, 2.24) is 4.90 Å². The van der Waals surface area contributed by atoms with Gasteiger partial charge in [0.15, 0.2) is 16.9 Å². The first-order chi connectivity index (χ1) is 17.3. The van der Waals surface area contributed by atoms with Crippen molar-refractivity contribution in [3.05, 3.63) is 97.9 Å². The first-order valence-corrected chi connectivity index (χ1v) is 11.8. The van der Waals surface area contributed by atoms with Gasteiger partial charge < -0.3 is 23.9 Å². The minimum atomic E-state index is -0.721. The zero-order valence-electron chi connectivity index (χ0n) is 20.0. The van der Waals surface area contributed by atoms with Crippen LogP contribution in [0.4, 0.5) is 0 Å². The van der Waals surface area contributed by atoms with Crippen LogP contribution in [0, 0.1) is 6.92 Å². The molecule has 184 valence electrons. The number of phenolic OH excluding ortho intramolecular Hbond substituents is 1. The van der Waals surface area contributed by atoms with Gasteiger partial charge in [0, 0.05) is 11.6 Å². The minimum Gasteiger partial charge on any atom is -0.504 e. The molecule has 0 radical (unpaired) electrons. The molecule has 0 spiro atoms. The van der Waals surface area contributed by atoms with Gasteiger partial charge in [0.1, 0.15) is 11.3 Å². The van der Waals surface area contributed by atoms with Crippen LogP contribution in [0.3, 0.4) is 0 Å². The first kappa shape index (κ1) is 23.8. The number of carbonyl (C=O) groups excluding carboxylic acids is 1. The van der Waals surface area contributed by atoms with Crippen molar-refractivity contribution in [3.8, 4) is 17.2 Å². The van der Waals surface area contributed by atoms with Crippen LogP contribution >= 0.6 is 11.6 Å². The van der Waals surface area contributed by atoms with Crippen LogP contribution in [0.5, 0.6) is 17.2 Å². The van der Waals surface area contributed by atoms with E-state index < -0.39 is 6.04 Å². The number of methoxy groups -OCH3 is 2. The lowest BCUT2D eigenvalue weighted by molar-refractivity contribution is 0.0730. The highest BCUT2D eigenvalue weighted by molar-refractivity contribution is 6.32. The molecule has 1 aliphatic rings. The van der Waals surface area contributed by atoms with Gasteiger partial charge in [0.05, 0.1) is 31.2 Å². The Bertz CT molecular complexity index is 1540. The molecule has 3 aromatic carbocycles. The van der Waals surface area contributed by atoms with E-state index in [4.69, 9.17) is 25.5 Å². The number of phenols is 1. The Kier molecular flexibility index (Phi) is 6.10. The molecule has 0 fully saturated rings. The van der Waals surface area contributed by atoms with Gasteiger partial charge in [0.25, 0.3) is 5.91 Å². The number of ether oxygens (including phenoxy) is 2. The highest BCUT2D eigenvalue weighted by Crippen LogP contribution is 2.41. The zero-order valence-corrected chi connectivity index (χ0v) is 20.8. The van der Waals surface area contributed by atoms with Gasteiger partial charge in [-0.05, 0) is 66.4 Å². The minimum absolute atomic E-state index is 0.0148. The number of fused-ring (bicyclic) bond motifs is 2. The van der Waals surface area contributed by atoms with E-state index in [1.54, 1.807) is 36.3 Å². The Labute approximate surface area is 212 Å². The van der Waals surface area contributed by atoms with Crippen molar-refractivity contribution in [2.75, 3.05) is 20.8 Å². The molecule has 4 aromatic rings. The third-order valence-electron chi connectivity index (χ3n) is 6.57. The SMILES string of the molecule is COc1ccc(CCN2C(=O)c3oc4cc(C)c(Cl)cc4c(=O)c3[C@@H]2c2ccc(O)c(OC)c2)cc1. The molecule has 2 heterocycles. The normalized spacial score (nSPS) is 14.8. The van der Waals surface area contributed by atoms with E-state index in [2.05, 4.69) is 0 Å². The van der Waals surface area contributed by atoms with Crippen molar-refractivity contribution in [1.29, 1.82) is 0 Å². The number of carbonyl (C=O) groups is 1. The van der Waals surface area contributed by atoms with Crippen molar-refractivity contribution >= 4 is 28.5 Å². The Morgan fingerprint density at radius 1 is 1.03 bits per heavy atom. The van der Waals surface area contributed by atoms with Gasteiger partial charge >= 0.3 is 0 Å². The van der Waals surface area contributed by atoms with Crippen molar-refractivity contribution in [2.45, 2.75) is 19.4 Å². The van der Waals surface area contributed by atoms with Crippen LogP contribution in [0.15, 0.2) is 63.8 Å². The van der Waals surface area contributed by atoms with Crippen molar-refractivity contribution in [2.24, 2.45) is 0 Å². The second-order valence-corrected chi connectivity index (χ2v) is 9.11. The van der Waals surface area contributed by atoms with Crippen LogP contribution in [0.25, 0.3) is 11.0 Å². The number of aryl methyl sites for hydroxylation is 1. The van der Waals surface area contributed by atoms with E-state index in [0.717, 1.165) is 16.9 Å². The number of halogens is 1. The quantitative estimate of drug-likeness (QED) is 0.384. The average Bonchev–Trinajstić information content (AvgIpc) is 3.16. The van der Waals surface area contributed by atoms with Gasteiger partial charge in [-0.15, -0.1) is 0 Å². The summed E-state index contributed by atoms with van der Waals surface area (Å²) in [7, 11) is 3.05. The maximum absolute atomic E-state index is 13.7. The fourth-order valence-corrected chi connectivity index (χ4v) is 4.79. The molecule has 1 N–H and O–H groups in total. The molecule has 0 saturated carbocycles. The highest BCUT2D eigenvalue weighted by atomic mass is 35.5. The summed E-state index contributed by atoms with van der Waals surface area (Å²) in [6, 6.07) is 14.9. The summed E-state index contributed by atoms with van der Waals surface area (Å²) in [4.78, 5) is 29.0.